The zero-order chi connectivity index (χ0) is 9.61. The van der Waals surface area contributed by atoms with Crippen molar-refractivity contribution in [2.75, 3.05) is 25.5 Å². The highest BCUT2D eigenvalue weighted by Gasteiger charge is 2.28. The lowest BCUT2D eigenvalue weighted by Gasteiger charge is -2.17. The van der Waals surface area contributed by atoms with Gasteiger partial charge in [0.05, 0.1) is 6.54 Å². The molecule has 0 aliphatic rings. The average molecular weight is 248 g/mol. The maximum atomic E-state index is 11.8. The van der Waals surface area contributed by atoms with Crippen molar-refractivity contribution < 1.29 is 13.2 Å². The summed E-state index contributed by atoms with van der Waals surface area (Å²) < 4.78 is 35.3. The van der Waals surface area contributed by atoms with Crippen molar-refractivity contribution in [3.05, 3.63) is 0 Å². The van der Waals surface area contributed by atoms with E-state index in [2.05, 4.69) is 15.9 Å². The van der Waals surface area contributed by atoms with E-state index in [1.54, 1.807) is 0 Å². The summed E-state index contributed by atoms with van der Waals surface area (Å²) >= 11 is 3.22. The van der Waals surface area contributed by atoms with Crippen molar-refractivity contribution >= 4 is 15.9 Å². The topological polar surface area (TPSA) is 3.24 Å². The smallest absolute Gasteiger partial charge is 0.298 e. The molecule has 0 bridgehead atoms. The number of alkyl halides is 4. The molecule has 0 unspecified atom stereocenters. The molecule has 0 aromatic heterocycles. The minimum absolute atomic E-state index is 0.505. The number of rotatable bonds is 5. The zero-order valence-corrected chi connectivity index (χ0v) is 8.58. The van der Waals surface area contributed by atoms with Gasteiger partial charge in [0, 0.05) is 5.33 Å². The van der Waals surface area contributed by atoms with Gasteiger partial charge in [0.15, 0.2) is 0 Å². The molecular formula is C7H13BrF3N. The molecule has 0 aromatic rings. The maximum Gasteiger partial charge on any atom is 0.401 e. The van der Waals surface area contributed by atoms with Crippen LogP contribution in [0.1, 0.15) is 12.8 Å². The Balaban J connectivity index is 3.40. The summed E-state index contributed by atoms with van der Waals surface area (Å²) in [7, 11) is 1.49. The monoisotopic (exact) mass is 247 g/mol. The maximum absolute atomic E-state index is 11.8. The first-order chi connectivity index (χ1) is 5.45. The van der Waals surface area contributed by atoms with Crippen LogP contribution in [0.4, 0.5) is 13.2 Å². The van der Waals surface area contributed by atoms with Crippen molar-refractivity contribution in [2.45, 2.75) is 19.0 Å². The number of hydrogen-bond donors (Lipinski definition) is 0. The van der Waals surface area contributed by atoms with Gasteiger partial charge in [-0.3, -0.25) is 4.90 Å². The lowest BCUT2D eigenvalue weighted by atomic mass is 10.3. The largest absolute Gasteiger partial charge is 0.401 e. The van der Waals surface area contributed by atoms with E-state index in [0.717, 1.165) is 18.2 Å². The van der Waals surface area contributed by atoms with Gasteiger partial charge in [-0.25, -0.2) is 0 Å². The molecule has 74 valence electrons. The number of halogens is 4. The van der Waals surface area contributed by atoms with Gasteiger partial charge in [-0.1, -0.05) is 15.9 Å². The van der Waals surface area contributed by atoms with Crippen LogP contribution in [0.5, 0.6) is 0 Å². The average Bonchev–Trinajstić information content (AvgIpc) is 1.84. The first-order valence-electron chi connectivity index (χ1n) is 3.77. The van der Waals surface area contributed by atoms with Crippen LogP contribution < -0.4 is 0 Å². The minimum atomic E-state index is -4.07. The Morgan fingerprint density at radius 2 is 1.83 bits per heavy atom. The van der Waals surface area contributed by atoms with Crippen LogP contribution in [0.15, 0.2) is 0 Å². The molecule has 12 heavy (non-hydrogen) atoms. The molecule has 0 fully saturated rings. The zero-order valence-electron chi connectivity index (χ0n) is 6.99. The Labute approximate surface area is 79.1 Å². The Bertz CT molecular complexity index is 116. The summed E-state index contributed by atoms with van der Waals surface area (Å²) in [6.07, 6.45) is -2.34. The molecule has 0 radical (unpaired) electrons. The van der Waals surface area contributed by atoms with Crippen molar-refractivity contribution in [1.82, 2.24) is 4.90 Å². The van der Waals surface area contributed by atoms with Crippen LogP contribution in [-0.2, 0) is 0 Å². The van der Waals surface area contributed by atoms with E-state index in [9.17, 15) is 13.2 Å². The van der Waals surface area contributed by atoms with Crippen LogP contribution in [0.2, 0.25) is 0 Å². The van der Waals surface area contributed by atoms with Crippen LogP contribution in [0, 0.1) is 0 Å². The summed E-state index contributed by atoms with van der Waals surface area (Å²) in [5, 5.41) is 0.854. The van der Waals surface area contributed by atoms with Crippen LogP contribution >= 0.6 is 15.9 Å². The number of unbranched alkanes of at least 4 members (excludes halogenated alkanes) is 1. The Kier molecular flexibility index (Phi) is 5.92. The van der Waals surface area contributed by atoms with Gasteiger partial charge in [0.1, 0.15) is 0 Å². The quantitative estimate of drug-likeness (QED) is 0.534. The van der Waals surface area contributed by atoms with E-state index in [1.165, 1.54) is 11.9 Å². The van der Waals surface area contributed by atoms with E-state index >= 15 is 0 Å². The second-order valence-corrected chi connectivity index (χ2v) is 3.54. The number of hydrogen-bond acceptors (Lipinski definition) is 1. The van der Waals surface area contributed by atoms with Gasteiger partial charge in [0.25, 0.3) is 0 Å². The Morgan fingerprint density at radius 3 is 2.25 bits per heavy atom. The fraction of sp³-hybridized carbons (Fsp3) is 1.00. The highest BCUT2D eigenvalue weighted by atomic mass is 79.9. The summed E-state index contributed by atoms with van der Waals surface area (Å²) in [5.41, 5.74) is 0. The van der Waals surface area contributed by atoms with Crippen molar-refractivity contribution in [1.29, 1.82) is 0 Å². The SMILES string of the molecule is CN(CCCCBr)CC(F)(F)F. The van der Waals surface area contributed by atoms with E-state index in [1.807, 2.05) is 0 Å². The molecule has 0 amide bonds. The third-order valence-corrected chi connectivity index (χ3v) is 1.93. The molecule has 5 heteroatoms. The normalized spacial score (nSPS) is 12.5. The second-order valence-electron chi connectivity index (χ2n) is 2.75. The molecule has 0 spiro atoms. The summed E-state index contributed by atoms with van der Waals surface area (Å²) in [6, 6.07) is 0. The second kappa shape index (κ2) is 5.80. The minimum Gasteiger partial charge on any atom is -0.298 e. The van der Waals surface area contributed by atoms with Gasteiger partial charge in [-0.05, 0) is 26.4 Å². The van der Waals surface area contributed by atoms with E-state index in [0.29, 0.717) is 6.54 Å². The molecule has 0 aliphatic carbocycles. The fourth-order valence-electron chi connectivity index (χ4n) is 0.861. The van der Waals surface area contributed by atoms with E-state index in [-0.39, 0.29) is 0 Å². The molecule has 0 aliphatic heterocycles. The third-order valence-electron chi connectivity index (χ3n) is 1.37. The van der Waals surface area contributed by atoms with Crippen molar-refractivity contribution in [3.63, 3.8) is 0 Å². The lowest BCUT2D eigenvalue weighted by molar-refractivity contribution is -0.143. The van der Waals surface area contributed by atoms with E-state index in [4.69, 9.17) is 0 Å². The lowest BCUT2D eigenvalue weighted by Crippen LogP contribution is -2.31. The highest BCUT2D eigenvalue weighted by molar-refractivity contribution is 9.09. The highest BCUT2D eigenvalue weighted by Crippen LogP contribution is 2.15. The summed E-state index contributed by atoms with van der Waals surface area (Å²) in [5.74, 6) is 0. The van der Waals surface area contributed by atoms with Gasteiger partial charge >= 0.3 is 6.18 Å². The predicted octanol–water partition coefficient (Wildman–Crippen LogP) is 2.66. The third kappa shape index (κ3) is 8.33. The summed E-state index contributed by atoms with van der Waals surface area (Å²) in [4.78, 5) is 1.29. The molecule has 0 atom stereocenters. The molecule has 0 aromatic carbocycles. The van der Waals surface area contributed by atoms with Gasteiger partial charge < -0.3 is 0 Å². The van der Waals surface area contributed by atoms with Gasteiger partial charge in [-0.15, -0.1) is 0 Å². The van der Waals surface area contributed by atoms with Gasteiger partial charge in [-0.2, -0.15) is 13.2 Å². The van der Waals surface area contributed by atoms with Crippen molar-refractivity contribution in [3.8, 4) is 0 Å². The molecule has 0 N–H and O–H groups in total. The van der Waals surface area contributed by atoms with Crippen LogP contribution in [0.3, 0.4) is 0 Å². The molecular weight excluding hydrogens is 235 g/mol. The molecule has 0 rings (SSSR count). The molecule has 0 saturated carbocycles. The van der Waals surface area contributed by atoms with Gasteiger partial charge in [0.2, 0.25) is 0 Å². The fourth-order valence-corrected chi connectivity index (χ4v) is 1.26. The standard InChI is InChI=1S/C7H13BrF3N/c1-12(5-3-2-4-8)6-7(9,10)11/h2-6H2,1H3. The molecule has 0 heterocycles. The Hall–Kier alpha value is 0.230. The van der Waals surface area contributed by atoms with Crippen molar-refractivity contribution in [2.24, 2.45) is 0 Å². The molecule has 0 saturated heterocycles. The number of nitrogens with zero attached hydrogens (tertiary/aromatic N) is 1. The Morgan fingerprint density at radius 1 is 1.25 bits per heavy atom. The first-order valence-corrected chi connectivity index (χ1v) is 4.89. The van der Waals surface area contributed by atoms with Crippen LogP contribution in [0.25, 0.3) is 0 Å². The summed E-state index contributed by atoms with van der Waals surface area (Å²) in [6.45, 7) is -0.305. The molecule has 1 nitrogen and oxygen atoms in total. The first kappa shape index (κ1) is 12.2. The van der Waals surface area contributed by atoms with Crippen LogP contribution in [-0.4, -0.2) is 36.5 Å². The van der Waals surface area contributed by atoms with E-state index < -0.39 is 12.7 Å². The predicted molar refractivity (Wildman–Crippen MR) is 46.6 cm³/mol.